The minimum absolute atomic E-state index is 0.0437. The Morgan fingerprint density at radius 3 is 3.05 bits per heavy atom. The Labute approximate surface area is 122 Å². The lowest BCUT2D eigenvalue weighted by Gasteiger charge is -2.35. The van der Waals surface area contributed by atoms with E-state index in [-0.39, 0.29) is 11.5 Å². The lowest BCUT2D eigenvalue weighted by atomic mass is 9.71. The van der Waals surface area contributed by atoms with Gasteiger partial charge in [0.25, 0.3) is 0 Å². The molecule has 0 amide bonds. The van der Waals surface area contributed by atoms with Gasteiger partial charge in [-0.2, -0.15) is 0 Å². The maximum absolute atomic E-state index is 10.3. The Morgan fingerprint density at radius 1 is 1.40 bits per heavy atom. The van der Waals surface area contributed by atoms with Crippen LogP contribution in [0.1, 0.15) is 30.2 Å². The van der Waals surface area contributed by atoms with Gasteiger partial charge in [0, 0.05) is 15.0 Å². The Hall–Kier alpha value is -1.32. The van der Waals surface area contributed by atoms with Crippen LogP contribution in [0.3, 0.4) is 0 Å². The fourth-order valence-electron chi connectivity index (χ4n) is 3.66. The van der Waals surface area contributed by atoms with Crippen molar-refractivity contribution in [2.24, 2.45) is 5.41 Å². The van der Waals surface area contributed by atoms with Crippen molar-refractivity contribution >= 4 is 27.0 Å². The first-order valence-electron chi connectivity index (χ1n) is 7.12. The topological polar surface area (TPSA) is 29.5 Å². The predicted octanol–water partition coefficient (Wildman–Crippen LogP) is 4.01. The van der Waals surface area contributed by atoms with Gasteiger partial charge in [0.2, 0.25) is 0 Å². The normalized spacial score (nSPS) is 28.1. The third-order valence-electron chi connectivity index (χ3n) is 5.03. The second-order valence-corrected chi connectivity index (χ2v) is 7.11. The molecule has 2 atom stereocenters. The molecule has 2 aliphatic carbocycles. The summed E-state index contributed by atoms with van der Waals surface area (Å²) in [7, 11) is 1.71. The fourth-order valence-corrected chi connectivity index (χ4v) is 5.12. The van der Waals surface area contributed by atoms with E-state index in [1.54, 1.807) is 7.11 Å². The molecule has 0 bridgehead atoms. The molecule has 0 saturated heterocycles. The van der Waals surface area contributed by atoms with Gasteiger partial charge in [-0.3, -0.25) is 0 Å². The molecule has 0 unspecified atom stereocenters. The van der Waals surface area contributed by atoms with Gasteiger partial charge in [0.1, 0.15) is 5.75 Å². The molecule has 0 fully saturated rings. The highest BCUT2D eigenvalue weighted by molar-refractivity contribution is 7.20. The van der Waals surface area contributed by atoms with Crippen molar-refractivity contribution in [2.45, 2.75) is 32.3 Å². The Balaban J connectivity index is 1.94. The average Bonchev–Trinajstić information content (AvgIpc) is 2.96. The molecule has 4 rings (SSSR count). The second-order valence-electron chi connectivity index (χ2n) is 6.06. The van der Waals surface area contributed by atoms with Crippen LogP contribution < -0.4 is 4.74 Å². The molecule has 20 heavy (non-hydrogen) atoms. The van der Waals surface area contributed by atoms with E-state index in [9.17, 15) is 5.11 Å². The highest BCUT2D eigenvalue weighted by atomic mass is 32.1. The maximum Gasteiger partial charge on any atom is 0.120 e. The first-order valence-corrected chi connectivity index (χ1v) is 7.93. The zero-order valence-corrected chi connectivity index (χ0v) is 12.6. The van der Waals surface area contributed by atoms with Crippen molar-refractivity contribution in [2.75, 3.05) is 7.11 Å². The average molecular weight is 286 g/mol. The highest BCUT2D eigenvalue weighted by Crippen LogP contribution is 2.55. The number of ether oxygens (including phenoxy) is 1. The lowest BCUT2D eigenvalue weighted by Crippen LogP contribution is -2.32. The molecule has 1 aromatic heterocycles. The third kappa shape index (κ3) is 1.48. The number of benzene rings is 1. The summed E-state index contributed by atoms with van der Waals surface area (Å²) < 4.78 is 6.62. The zero-order valence-electron chi connectivity index (χ0n) is 11.8. The Kier molecular flexibility index (Phi) is 2.54. The van der Waals surface area contributed by atoms with E-state index >= 15 is 0 Å². The number of rotatable bonds is 1. The summed E-state index contributed by atoms with van der Waals surface area (Å²) in [6.07, 6.45) is 4.93. The summed E-state index contributed by atoms with van der Waals surface area (Å²) >= 11 is 1.85. The van der Waals surface area contributed by atoms with E-state index in [2.05, 4.69) is 25.1 Å². The van der Waals surface area contributed by atoms with Gasteiger partial charge in [-0.1, -0.05) is 13.0 Å². The van der Waals surface area contributed by atoms with E-state index < -0.39 is 0 Å². The van der Waals surface area contributed by atoms with Gasteiger partial charge in [0.05, 0.1) is 13.2 Å². The monoisotopic (exact) mass is 286 g/mol. The van der Waals surface area contributed by atoms with Gasteiger partial charge >= 0.3 is 0 Å². The third-order valence-corrected chi connectivity index (χ3v) is 6.26. The molecule has 1 aromatic carbocycles. The van der Waals surface area contributed by atoms with Crippen LogP contribution in [0, 0.1) is 5.41 Å². The maximum atomic E-state index is 10.3. The highest BCUT2D eigenvalue weighted by Gasteiger charge is 2.44. The van der Waals surface area contributed by atoms with Crippen molar-refractivity contribution in [1.29, 1.82) is 0 Å². The van der Waals surface area contributed by atoms with E-state index in [1.165, 1.54) is 26.1 Å². The van der Waals surface area contributed by atoms with E-state index in [0.717, 1.165) is 25.0 Å². The number of aryl methyl sites for hydroxylation is 1. The molecule has 0 radical (unpaired) electrons. The van der Waals surface area contributed by atoms with Crippen LogP contribution >= 0.6 is 11.3 Å². The molecular formula is C17H18O2S. The van der Waals surface area contributed by atoms with E-state index in [1.807, 2.05) is 17.4 Å². The Bertz CT molecular complexity index is 728. The van der Waals surface area contributed by atoms with Crippen LogP contribution in [0.15, 0.2) is 24.3 Å². The lowest BCUT2D eigenvalue weighted by molar-refractivity contribution is 0.0830. The molecule has 0 aliphatic heterocycles. The number of thiophene rings is 1. The van der Waals surface area contributed by atoms with Crippen LogP contribution in [0.2, 0.25) is 0 Å². The Morgan fingerprint density at radius 2 is 2.25 bits per heavy atom. The number of fused-ring (bicyclic) bond motifs is 5. The van der Waals surface area contributed by atoms with Gasteiger partial charge in [-0.15, -0.1) is 11.3 Å². The summed E-state index contributed by atoms with van der Waals surface area (Å²) in [6, 6.07) is 6.35. The number of methoxy groups -OCH3 is 1. The standard InChI is InChI=1S/C17H18O2S/c1-17-8-7-12-11-4-3-10(19-2)9-14(11)20-16(12)13(17)5-6-15(17)18/h3-5,9,15,18H,6-8H2,1-2H3/t15-,17+/m0/s1. The molecular weight excluding hydrogens is 268 g/mol. The SMILES string of the molecule is COc1ccc2c3c(sc2c1)C1=CC[C@H](O)[C@]1(C)CC3. The van der Waals surface area contributed by atoms with Gasteiger partial charge in [0.15, 0.2) is 0 Å². The van der Waals surface area contributed by atoms with E-state index in [4.69, 9.17) is 4.74 Å². The molecule has 0 saturated carbocycles. The van der Waals surface area contributed by atoms with Crippen LogP contribution in [0.4, 0.5) is 0 Å². The van der Waals surface area contributed by atoms with Gasteiger partial charge < -0.3 is 9.84 Å². The van der Waals surface area contributed by atoms with E-state index in [0.29, 0.717) is 0 Å². The first-order chi connectivity index (χ1) is 9.63. The summed E-state index contributed by atoms with van der Waals surface area (Å²) in [6.45, 7) is 2.21. The van der Waals surface area contributed by atoms with Crippen molar-refractivity contribution in [1.82, 2.24) is 0 Å². The summed E-state index contributed by atoms with van der Waals surface area (Å²) in [5.41, 5.74) is 2.79. The number of hydrogen-bond donors (Lipinski definition) is 1. The fraction of sp³-hybridized carbons (Fsp3) is 0.412. The molecule has 1 N–H and O–H groups in total. The van der Waals surface area contributed by atoms with Crippen molar-refractivity contribution in [3.05, 3.63) is 34.7 Å². The molecule has 2 aromatic rings. The van der Waals surface area contributed by atoms with Crippen LogP contribution in [0.25, 0.3) is 15.7 Å². The van der Waals surface area contributed by atoms with Crippen molar-refractivity contribution < 1.29 is 9.84 Å². The predicted molar refractivity (Wildman–Crippen MR) is 83.4 cm³/mol. The number of aliphatic hydroxyl groups excluding tert-OH is 1. The smallest absolute Gasteiger partial charge is 0.120 e. The molecule has 3 heteroatoms. The quantitative estimate of drug-likeness (QED) is 0.858. The van der Waals surface area contributed by atoms with Crippen LogP contribution in [0.5, 0.6) is 5.75 Å². The number of hydrogen-bond acceptors (Lipinski definition) is 3. The van der Waals surface area contributed by atoms with Crippen LogP contribution in [-0.2, 0) is 6.42 Å². The minimum Gasteiger partial charge on any atom is -0.497 e. The molecule has 2 nitrogen and oxygen atoms in total. The molecule has 2 aliphatic rings. The summed E-state index contributed by atoms with van der Waals surface area (Å²) in [5, 5.41) is 11.7. The number of aliphatic hydroxyl groups is 1. The van der Waals surface area contributed by atoms with Gasteiger partial charge in [-0.25, -0.2) is 0 Å². The first kappa shape index (κ1) is 12.4. The molecule has 0 spiro atoms. The minimum atomic E-state index is -0.217. The van der Waals surface area contributed by atoms with Crippen molar-refractivity contribution in [3.8, 4) is 5.75 Å². The van der Waals surface area contributed by atoms with Gasteiger partial charge in [-0.05, 0) is 54.0 Å². The molecule has 104 valence electrons. The molecule has 1 heterocycles. The zero-order chi connectivity index (χ0) is 13.9. The second kappa shape index (κ2) is 4.09. The summed E-state index contributed by atoms with van der Waals surface area (Å²) in [5.74, 6) is 0.916. The largest absolute Gasteiger partial charge is 0.497 e. The van der Waals surface area contributed by atoms with Crippen LogP contribution in [-0.4, -0.2) is 18.3 Å². The van der Waals surface area contributed by atoms with Crippen molar-refractivity contribution in [3.63, 3.8) is 0 Å². The summed E-state index contributed by atoms with van der Waals surface area (Å²) in [4.78, 5) is 1.39.